The standard InChI is InChI=1S/C15H12N4O4S/c20-14(21)11-2-1-3-12(8-11)17-15(24)18-16-9-10-4-6-13(7-5-10)19(22)23/h1-9H,(H,20,21)(H2,17,18,24)/b16-9-. The number of benzene rings is 2. The van der Waals surface area contributed by atoms with Gasteiger partial charge in [-0.1, -0.05) is 6.07 Å². The Kier molecular flexibility index (Phi) is 5.53. The summed E-state index contributed by atoms with van der Waals surface area (Å²) >= 11 is 5.04. The fraction of sp³-hybridized carbons (Fsp3) is 0. The first-order chi connectivity index (χ1) is 11.5. The third-order valence-corrected chi connectivity index (χ3v) is 3.04. The van der Waals surface area contributed by atoms with Crippen molar-refractivity contribution in [3.63, 3.8) is 0 Å². The minimum atomic E-state index is -1.03. The number of nitro groups is 1. The molecule has 0 aliphatic heterocycles. The molecule has 0 saturated carbocycles. The van der Waals surface area contributed by atoms with E-state index in [4.69, 9.17) is 17.3 Å². The Hall–Kier alpha value is -3.33. The van der Waals surface area contributed by atoms with Gasteiger partial charge in [-0.2, -0.15) is 5.10 Å². The molecular weight excluding hydrogens is 332 g/mol. The lowest BCUT2D eigenvalue weighted by atomic mass is 10.2. The number of nitrogens with zero attached hydrogens (tertiary/aromatic N) is 2. The van der Waals surface area contributed by atoms with Gasteiger partial charge in [0.25, 0.3) is 5.69 Å². The van der Waals surface area contributed by atoms with E-state index >= 15 is 0 Å². The van der Waals surface area contributed by atoms with E-state index in [1.807, 2.05) is 0 Å². The van der Waals surface area contributed by atoms with Crippen molar-refractivity contribution < 1.29 is 14.8 Å². The van der Waals surface area contributed by atoms with Crippen LogP contribution < -0.4 is 10.7 Å². The van der Waals surface area contributed by atoms with Gasteiger partial charge in [-0.3, -0.25) is 15.5 Å². The number of hydrogen-bond acceptors (Lipinski definition) is 5. The number of thiocarbonyl (C=S) groups is 1. The second-order valence-corrected chi connectivity index (χ2v) is 4.97. The Morgan fingerprint density at radius 3 is 2.58 bits per heavy atom. The van der Waals surface area contributed by atoms with E-state index in [9.17, 15) is 14.9 Å². The number of anilines is 1. The van der Waals surface area contributed by atoms with Crippen molar-refractivity contribution >= 4 is 40.9 Å². The van der Waals surface area contributed by atoms with Gasteiger partial charge in [0, 0.05) is 17.8 Å². The molecule has 0 spiro atoms. The first-order valence-electron chi connectivity index (χ1n) is 6.63. The van der Waals surface area contributed by atoms with Crippen molar-refractivity contribution in [2.75, 3.05) is 5.32 Å². The highest BCUT2D eigenvalue weighted by Gasteiger charge is 2.04. The zero-order valence-electron chi connectivity index (χ0n) is 12.2. The summed E-state index contributed by atoms with van der Waals surface area (Å²) in [4.78, 5) is 21.0. The second-order valence-electron chi connectivity index (χ2n) is 4.56. The predicted molar refractivity (Wildman–Crippen MR) is 93.4 cm³/mol. The highest BCUT2D eigenvalue weighted by Crippen LogP contribution is 2.11. The lowest BCUT2D eigenvalue weighted by Crippen LogP contribution is -2.24. The molecule has 8 nitrogen and oxygen atoms in total. The van der Waals surface area contributed by atoms with Crippen molar-refractivity contribution in [2.45, 2.75) is 0 Å². The highest BCUT2D eigenvalue weighted by molar-refractivity contribution is 7.80. The van der Waals surface area contributed by atoms with Crippen LogP contribution >= 0.6 is 12.2 Å². The number of hydrazone groups is 1. The maximum Gasteiger partial charge on any atom is 0.335 e. The van der Waals surface area contributed by atoms with Crippen molar-refractivity contribution in [3.05, 3.63) is 69.8 Å². The number of nitro benzene ring substituents is 1. The van der Waals surface area contributed by atoms with Gasteiger partial charge in [-0.05, 0) is 48.1 Å². The maximum absolute atomic E-state index is 10.9. The highest BCUT2D eigenvalue weighted by atomic mass is 32.1. The van der Waals surface area contributed by atoms with Crippen LogP contribution in [0.5, 0.6) is 0 Å². The van der Waals surface area contributed by atoms with Gasteiger partial charge >= 0.3 is 5.97 Å². The largest absolute Gasteiger partial charge is 0.478 e. The number of rotatable bonds is 5. The van der Waals surface area contributed by atoms with E-state index in [1.54, 1.807) is 24.3 Å². The summed E-state index contributed by atoms with van der Waals surface area (Å²) in [6.45, 7) is 0. The average molecular weight is 344 g/mol. The first-order valence-corrected chi connectivity index (χ1v) is 7.04. The molecule has 2 rings (SSSR count). The van der Waals surface area contributed by atoms with E-state index in [1.165, 1.54) is 30.5 Å². The molecule has 0 fully saturated rings. The molecule has 0 heterocycles. The van der Waals surface area contributed by atoms with Crippen molar-refractivity contribution in [2.24, 2.45) is 5.10 Å². The third kappa shape index (κ3) is 4.85. The summed E-state index contributed by atoms with van der Waals surface area (Å²) in [6.07, 6.45) is 1.45. The monoisotopic (exact) mass is 344 g/mol. The summed E-state index contributed by atoms with van der Waals surface area (Å²) < 4.78 is 0. The Labute approximate surface area is 142 Å². The minimum absolute atomic E-state index is 0.00407. The lowest BCUT2D eigenvalue weighted by molar-refractivity contribution is -0.384. The first kappa shape index (κ1) is 17.0. The van der Waals surface area contributed by atoms with E-state index < -0.39 is 10.9 Å². The van der Waals surface area contributed by atoms with Crippen LogP contribution in [-0.4, -0.2) is 27.3 Å². The van der Waals surface area contributed by atoms with Crippen LogP contribution in [0.1, 0.15) is 15.9 Å². The number of nitrogens with one attached hydrogen (secondary N) is 2. The quantitative estimate of drug-likeness (QED) is 0.330. The lowest BCUT2D eigenvalue weighted by Gasteiger charge is -2.07. The normalized spacial score (nSPS) is 10.3. The molecule has 2 aromatic rings. The number of non-ortho nitro benzene ring substituents is 1. The summed E-state index contributed by atoms with van der Waals surface area (Å²) in [5.74, 6) is -1.03. The molecule has 24 heavy (non-hydrogen) atoms. The van der Waals surface area contributed by atoms with Gasteiger partial charge in [-0.25, -0.2) is 4.79 Å². The molecule has 0 radical (unpaired) electrons. The van der Waals surface area contributed by atoms with Gasteiger partial charge in [-0.15, -0.1) is 0 Å². The Bertz CT molecular complexity index is 805. The van der Waals surface area contributed by atoms with Gasteiger partial charge < -0.3 is 10.4 Å². The molecule has 0 aromatic heterocycles. The van der Waals surface area contributed by atoms with Crippen LogP contribution in [0.3, 0.4) is 0 Å². The average Bonchev–Trinajstić information content (AvgIpc) is 2.55. The molecule has 0 aliphatic rings. The zero-order valence-corrected chi connectivity index (χ0v) is 13.0. The van der Waals surface area contributed by atoms with Gasteiger partial charge in [0.1, 0.15) is 0 Å². The number of carboxylic acids is 1. The fourth-order valence-corrected chi connectivity index (χ4v) is 1.91. The summed E-state index contributed by atoms with van der Waals surface area (Å²) in [6, 6.07) is 12.0. The SMILES string of the molecule is O=C(O)c1cccc(NC(=S)N/N=C\c2ccc([N+](=O)[O-])cc2)c1. The molecule has 9 heteroatoms. The molecular formula is C15H12N4O4S. The second kappa shape index (κ2) is 7.79. The van der Waals surface area contributed by atoms with Gasteiger partial charge in [0.15, 0.2) is 5.11 Å². The molecule has 3 N–H and O–H groups in total. The van der Waals surface area contributed by atoms with E-state index in [2.05, 4.69) is 15.8 Å². The number of hydrogen-bond donors (Lipinski definition) is 3. The Morgan fingerprint density at radius 1 is 1.25 bits per heavy atom. The smallest absolute Gasteiger partial charge is 0.335 e. The predicted octanol–water partition coefficient (Wildman–Crippen LogP) is 2.61. The van der Waals surface area contributed by atoms with E-state index in [-0.39, 0.29) is 16.4 Å². The number of carbonyl (C=O) groups is 1. The van der Waals surface area contributed by atoms with Crippen LogP contribution in [0.15, 0.2) is 53.6 Å². The summed E-state index contributed by atoms with van der Waals surface area (Å²) in [7, 11) is 0. The molecule has 0 atom stereocenters. The topological polar surface area (TPSA) is 117 Å². The van der Waals surface area contributed by atoms with E-state index in [0.717, 1.165) is 0 Å². The summed E-state index contributed by atoms with van der Waals surface area (Å²) in [5, 5.41) is 26.4. The van der Waals surface area contributed by atoms with Crippen molar-refractivity contribution in [1.82, 2.24) is 5.43 Å². The minimum Gasteiger partial charge on any atom is -0.478 e. The van der Waals surface area contributed by atoms with Crippen LogP contribution in [0.25, 0.3) is 0 Å². The van der Waals surface area contributed by atoms with Crippen LogP contribution in [-0.2, 0) is 0 Å². The number of aromatic carboxylic acids is 1. The van der Waals surface area contributed by atoms with Gasteiger partial charge in [0.2, 0.25) is 0 Å². The van der Waals surface area contributed by atoms with Crippen molar-refractivity contribution in [3.8, 4) is 0 Å². The van der Waals surface area contributed by atoms with Crippen LogP contribution in [0.4, 0.5) is 11.4 Å². The molecule has 0 amide bonds. The zero-order chi connectivity index (χ0) is 17.5. The maximum atomic E-state index is 10.9. The summed E-state index contributed by atoms with van der Waals surface area (Å²) in [5.41, 5.74) is 3.87. The Morgan fingerprint density at radius 2 is 1.96 bits per heavy atom. The molecule has 0 unspecified atom stereocenters. The van der Waals surface area contributed by atoms with E-state index in [0.29, 0.717) is 11.3 Å². The molecule has 0 aliphatic carbocycles. The van der Waals surface area contributed by atoms with Crippen LogP contribution in [0.2, 0.25) is 0 Å². The van der Waals surface area contributed by atoms with Gasteiger partial charge in [0.05, 0.1) is 16.7 Å². The third-order valence-electron chi connectivity index (χ3n) is 2.85. The number of carboxylic acid groups (broad SMARTS) is 1. The molecule has 0 saturated heterocycles. The molecule has 0 bridgehead atoms. The van der Waals surface area contributed by atoms with Crippen molar-refractivity contribution in [1.29, 1.82) is 0 Å². The molecule has 2 aromatic carbocycles. The van der Waals surface area contributed by atoms with Crippen LogP contribution in [0, 0.1) is 10.1 Å². The Balaban J connectivity index is 1.92. The fourth-order valence-electron chi connectivity index (χ4n) is 1.74. The molecule has 122 valence electrons.